The molecule has 1 N–H and O–H groups in total. The van der Waals surface area contributed by atoms with Crippen molar-refractivity contribution in [2.75, 3.05) is 18.1 Å². The number of aromatic nitrogens is 2. The summed E-state index contributed by atoms with van der Waals surface area (Å²) in [6.07, 6.45) is 3.75. The number of nitrogens with zero attached hydrogens (tertiary/aromatic N) is 3. The Kier molecular flexibility index (Phi) is 5.00. The summed E-state index contributed by atoms with van der Waals surface area (Å²) in [5.41, 5.74) is 4.42. The van der Waals surface area contributed by atoms with Crippen molar-refractivity contribution >= 4 is 22.9 Å². The fraction of sp³-hybridized carbons (Fsp3) is 0.348. The Balaban J connectivity index is 1.30. The molecule has 2 aliphatic rings. The molecule has 2 aliphatic heterocycles. The van der Waals surface area contributed by atoms with Gasteiger partial charge in [0.05, 0.1) is 23.9 Å². The van der Waals surface area contributed by atoms with E-state index in [4.69, 9.17) is 4.74 Å². The van der Waals surface area contributed by atoms with Crippen molar-refractivity contribution in [1.29, 1.82) is 0 Å². The third-order valence-corrected chi connectivity index (χ3v) is 6.77. The number of hydrogen-bond acceptors (Lipinski definition) is 6. The second kappa shape index (κ2) is 7.81. The van der Waals surface area contributed by atoms with E-state index in [1.807, 2.05) is 19.1 Å². The lowest BCUT2D eigenvalue weighted by atomic mass is 9.80. The maximum Gasteiger partial charge on any atom is 0.249 e. The number of aryl methyl sites for hydroxylation is 1. The summed E-state index contributed by atoms with van der Waals surface area (Å²) >= 11 is 1.68. The largest absolute Gasteiger partial charge is 0.367 e. The molecule has 154 valence electrons. The van der Waals surface area contributed by atoms with Crippen LogP contribution >= 0.6 is 11.3 Å². The van der Waals surface area contributed by atoms with E-state index in [0.29, 0.717) is 19.6 Å². The van der Waals surface area contributed by atoms with E-state index >= 15 is 0 Å². The third kappa shape index (κ3) is 3.59. The van der Waals surface area contributed by atoms with E-state index in [2.05, 4.69) is 49.8 Å². The van der Waals surface area contributed by atoms with Crippen LogP contribution in [0.15, 0.2) is 54.2 Å². The fourth-order valence-electron chi connectivity index (χ4n) is 4.56. The number of carbonyl (C=O) groups excluding carboxylic acids is 1. The molecule has 6 nitrogen and oxygen atoms in total. The molecule has 3 aromatic rings. The van der Waals surface area contributed by atoms with E-state index in [1.54, 1.807) is 23.7 Å². The average Bonchev–Trinajstić information content (AvgIpc) is 3.47. The molecule has 5 rings (SSSR count). The molecule has 1 aromatic carbocycles. The van der Waals surface area contributed by atoms with Gasteiger partial charge in [0.25, 0.3) is 0 Å². The summed E-state index contributed by atoms with van der Waals surface area (Å²) in [7, 11) is 0. The van der Waals surface area contributed by atoms with Crippen LogP contribution in [0.4, 0.5) is 5.69 Å². The minimum Gasteiger partial charge on any atom is -0.367 e. The van der Waals surface area contributed by atoms with Crippen molar-refractivity contribution in [1.82, 2.24) is 15.3 Å². The monoisotopic (exact) mass is 420 g/mol. The highest BCUT2D eigenvalue weighted by Gasteiger charge is 2.50. The molecule has 0 radical (unpaired) electrons. The highest BCUT2D eigenvalue weighted by Crippen LogP contribution is 2.47. The smallest absolute Gasteiger partial charge is 0.249 e. The van der Waals surface area contributed by atoms with Gasteiger partial charge >= 0.3 is 0 Å². The van der Waals surface area contributed by atoms with Crippen molar-refractivity contribution < 1.29 is 9.53 Å². The van der Waals surface area contributed by atoms with Gasteiger partial charge in [-0.25, -0.2) is 4.98 Å². The van der Waals surface area contributed by atoms with Gasteiger partial charge in [-0.3, -0.25) is 9.78 Å². The van der Waals surface area contributed by atoms with E-state index in [-0.39, 0.29) is 11.3 Å². The Morgan fingerprint density at radius 3 is 3.03 bits per heavy atom. The Hall–Kier alpha value is -2.77. The zero-order chi connectivity index (χ0) is 20.6. The van der Waals surface area contributed by atoms with Gasteiger partial charge < -0.3 is 15.0 Å². The van der Waals surface area contributed by atoms with Crippen LogP contribution in [0.2, 0.25) is 0 Å². The van der Waals surface area contributed by atoms with Crippen LogP contribution in [-0.2, 0) is 28.0 Å². The number of anilines is 1. The number of carbonyl (C=O) groups is 1. The van der Waals surface area contributed by atoms with Crippen LogP contribution in [0.5, 0.6) is 0 Å². The van der Waals surface area contributed by atoms with Gasteiger partial charge in [-0.15, -0.1) is 11.3 Å². The number of nitrogens with one attached hydrogen (secondary N) is 1. The van der Waals surface area contributed by atoms with Crippen molar-refractivity contribution in [3.05, 3.63) is 76.0 Å². The number of ether oxygens (including phenoxy) is 1. The first-order valence-electron chi connectivity index (χ1n) is 10.2. The van der Waals surface area contributed by atoms with Crippen molar-refractivity contribution in [3.8, 4) is 0 Å². The molecule has 1 fully saturated rings. The highest BCUT2D eigenvalue weighted by molar-refractivity contribution is 7.09. The highest BCUT2D eigenvalue weighted by atomic mass is 32.1. The summed E-state index contributed by atoms with van der Waals surface area (Å²) in [5.74, 6) is -0.0539. The standard InChI is InChI=1S/C23H24N4O2S/c1-16-26-18(13-30-16)12-27-14-23(19-6-2-3-7-20(19)27)9-21(29-15-23)22(28)25-11-17-5-4-8-24-10-17/h2-8,10,13,21H,9,11-12,14-15H2,1H3,(H,25,28). The summed E-state index contributed by atoms with van der Waals surface area (Å²) in [6, 6.07) is 12.3. The Labute approximate surface area is 179 Å². The minimum absolute atomic E-state index is 0.0539. The summed E-state index contributed by atoms with van der Waals surface area (Å²) in [4.78, 5) is 23.9. The molecule has 1 amide bonds. The van der Waals surface area contributed by atoms with Crippen LogP contribution in [0.1, 0.15) is 28.2 Å². The van der Waals surface area contributed by atoms with Gasteiger partial charge in [-0.1, -0.05) is 24.3 Å². The van der Waals surface area contributed by atoms with Gasteiger partial charge in [0.2, 0.25) is 5.91 Å². The van der Waals surface area contributed by atoms with Crippen molar-refractivity contribution in [3.63, 3.8) is 0 Å². The molecule has 7 heteroatoms. The number of amides is 1. The maximum absolute atomic E-state index is 12.8. The van der Waals surface area contributed by atoms with Gasteiger partial charge in [-0.2, -0.15) is 0 Å². The van der Waals surface area contributed by atoms with Crippen LogP contribution in [0.3, 0.4) is 0 Å². The quantitative estimate of drug-likeness (QED) is 0.687. The fourth-order valence-corrected chi connectivity index (χ4v) is 5.16. The minimum atomic E-state index is -0.434. The molecule has 2 aromatic heterocycles. The molecule has 0 saturated carbocycles. The molecule has 30 heavy (non-hydrogen) atoms. The second-order valence-electron chi connectivity index (χ2n) is 8.09. The lowest BCUT2D eigenvalue weighted by molar-refractivity contribution is -0.130. The average molecular weight is 421 g/mol. The number of rotatable bonds is 5. The first-order chi connectivity index (χ1) is 14.6. The summed E-state index contributed by atoms with van der Waals surface area (Å²) in [5, 5.41) is 6.21. The summed E-state index contributed by atoms with van der Waals surface area (Å²) in [6.45, 7) is 4.68. The lowest BCUT2D eigenvalue weighted by Crippen LogP contribution is -2.37. The first-order valence-corrected chi connectivity index (χ1v) is 11.0. The van der Waals surface area contributed by atoms with E-state index in [1.165, 1.54) is 11.3 Å². The molecule has 0 aliphatic carbocycles. The molecular weight excluding hydrogens is 396 g/mol. The molecule has 2 unspecified atom stereocenters. The molecule has 2 atom stereocenters. The third-order valence-electron chi connectivity index (χ3n) is 5.95. The number of thiazole rings is 1. The maximum atomic E-state index is 12.8. The molecule has 0 bridgehead atoms. The van der Waals surface area contributed by atoms with E-state index in [0.717, 1.165) is 29.4 Å². The van der Waals surface area contributed by atoms with E-state index in [9.17, 15) is 4.79 Å². The van der Waals surface area contributed by atoms with Gasteiger partial charge in [0.15, 0.2) is 0 Å². The number of hydrogen-bond donors (Lipinski definition) is 1. The second-order valence-corrected chi connectivity index (χ2v) is 9.16. The zero-order valence-electron chi connectivity index (χ0n) is 16.9. The summed E-state index contributed by atoms with van der Waals surface area (Å²) < 4.78 is 6.03. The first kappa shape index (κ1) is 19.2. The topological polar surface area (TPSA) is 67.4 Å². The van der Waals surface area contributed by atoms with Crippen LogP contribution in [0.25, 0.3) is 0 Å². The predicted molar refractivity (Wildman–Crippen MR) is 116 cm³/mol. The number of fused-ring (bicyclic) bond motifs is 2. The SMILES string of the molecule is Cc1nc(CN2CC3(COC(C(=O)NCc4cccnc4)C3)c3ccccc32)cs1. The van der Waals surface area contributed by atoms with Crippen LogP contribution in [0, 0.1) is 6.92 Å². The Bertz CT molecular complexity index is 1050. The zero-order valence-corrected chi connectivity index (χ0v) is 17.7. The van der Waals surface area contributed by atoms with Gasteiger partial charge in [-0.05, 0) is 36.6 Å². The Morgan fingerprint density at radius 1 is 1.33 bits per heavy atom. The van der Waals surface area contributed by atoms with Crippen LogP contribution in [-0.4, -0.2) is 35.1 Å². The van der Waals surface area contributed by atoms with Crippen LogP contribution < -0.4 is 10.2 Å². The molecule has 1 saturated heterocycles. The Morgan fingerprint density at radius 2 is 2.23 bits per heavy atom. The lowest BCUT2D eigenvalue weighted by Gasteiger charge is -2.24. The number of pyridine rings is 1. The van der Waals surface area contributed by atoms with E-state index < -0.39 is 6.10 Å². The molecule has 4 heterocycles. The number of benzene rings is 1. The molecule has 1 spiro atoms. The molecular formula is C23H24N4O2S. The van der Waals surface area contributed by atoms with Crippen molar-refractivity contribution in [2.45, 2.75) is 38.0 Å². The van der Waals surface area contributed by atoms with Gasteiger partial charge in [0, 0.05) is 42.0 Å². The predicted octanol–water partition coefficient (Wildman–Crippen LogP) is 3.21. The van der Waals surface area contributed by atoms with Gasteiger partial charge in [0.1, 0.15) is 6.10 Å². The number of para-hydroxylation sites is 1. The normalized spacial score (nSPS) is 22.4. The van der Waals surface area contributed by atoms with Crippen molar-refractivity contribution in [2.24, 2.45) is 0 Å².